The molecular weight excluding hydrogens is 286 g/mol. The molecule has 2 aromatic rings. The second-order valence-electron chi connectivity index (χ2n) is 5.47. The number of pyridine rings is 1. The molecule has 3 N–H and O–H groups in total. The molecule has 2 atom stereocenters. The third-order valence-electron chi connectivity index (χ3n) is 3.90. The van der Waals surface area contributed by atoms with Crippen LogP contribution in [0.15, 0.2) is 29.2 Å². The summed E-state index contributed by atoms with van der Waals surface area (Å²) in [6.45, 7) is 1.94. The standard InChI is InChI=1S/C14H19N5O3/c20-11-9-15-7-10(11)8-16-13(21)4-6-19-14(22)18-5-2-1-3-12(18)17-19/h1-3,5,10-11,15,20H,4,6-9H2,(H,16,21). The molecule has 118 valence electrons. The maximum atomic E-state index is 12.0. The Kier molecular flexibility index (Phi) is 4.21. The van der Waals surface area contributed by atoms with Crippen molar-refractivity contribution in [2.24, 2.45) is 5.92 Å². The van der Waals surface area contributed by atoms with Crippen LogP contribution < -0.4 is 16.3 Å². The monoisotopic (exact) mass is 305 g/mol. The van der Waals surface area contributed by atoms with Gasteiger partial charge in [-0.1, -0.05) is 6.07 Å². The summed E-state index contributed by atoms with van der Waals surface area (Å²) in [5, 5.41) is 19.7. The van der Waals surface area contributed by atoms with Crippen LogP contribution >= 0.6 is 0 Å². The summed E-state index contributed by atoms with van der Waals surface area (Å²) in [5.74, 6) is -0.107. The van der Waals surface area contributed by atoms with Crippen LogP contribution in [0.4, 0.5) is 0 Å². The van der Waals surface area contributed by atoms with E-state index in [1.54, 1.807) is 24.4 Å². The number of aryl methyl sites for hydroxylation is 1. The minimum Gasteiger partial charge on any atom is -0.391 e. The van der Waals surface area contributed by atoms with E-state index in [1.165, 1.54) is 9.08 Å². The predicted octanol–water partition coefficient (Wildman–Crippen LogP) is -1.42. The van der Waals surface area contributed by atoms with Gasteiger partial charge in [0.1, 0.15) is 0 Å². The minimum absolute atomic E-state index is 0.0434. The highest BCUT2D eigenvalue weighted by Crippen LogP contribution is 2.07. The number of rotatable bonds is 5. The average Bonchev–Trinajstić information content (AvgIpc) is 3.07. The molecule has 22 heavy (non-hydrogen) atoms. The molecule has 8 heteroatoms. The number of hydrogen-bond acceptors (Lipinski definition) is 5. The number of nitrogens with zero attached hydrogens (tertiary/aromatic N) is 3. The zero-order valence-electron chi connectivity index (χ0n) is 12.1. The lowest BCUT2D eigenvalue weighted by atomic mass is 10.1. The SMILES string of the molecule is O=C(CCn1nc2ccccn2c1=O)NCC1CNCC1O. The summed E-state index contributed by atoms with van der Waals surface area (Å²) in [7, 11) is 0. The Labute approximate surface area is 126 Å². The molecule has 0 saturated carbocycles. The summed E-state index contributed by atoms with van der Waals surface area (Å²) in [6.07, 6.45) is 1.41. The summed E-state index contributed by atoms with van der Waals surface area (Å²) in [5.41, 5.74) is 0.312. The van der Waals surface area contributed by atoms with Gasteiger partial charge in [0.25, 0.3) is 0 Å². The number of fused-ring (bicyclic) bond motifs is 1. The molecule has 2 aromatic heterocycles. The first kappa shape index (κ1) is 14.7. The first-order chi connectivity index (χ1) is 10.6. The van der Waals surface area contributed by atoms with Gasteiger partial charge in [0, 0.05) is 38.2 Å². The van der Waals surface area contributed by atoms with Gasteiger partial charge in [-0.15, -0.1) is 5.10 Å². The van der Waals surface area contributed by atoms with Crippen molar-refractivity contribution in [1.82, 2.24) is 24.8 Å². The van der Waals surface area contributed by atoms with Gasteiger partial charge in [-0.25, -0.2) is 9.48 Å². The van der Waals surface area contributed by atoms with Crippen LogP contribution in [0, 0.1) is 5.92 Å². The van der Waals surface area contributed by atoms with Crippen molar-refractivity contribution >= 4 is 11.6 Å². The number of aromatic nitrogens is 3. The Balaban J connectivity index is 1.54. The molecule has 1 aliphatic heterocycles. The lowest BCUT2D eigenvalue weighted by Crippen LogP contribution is -2.35. The van der Waals surface area contributed by atoms with Crippen LogP contribution in [0.3, 0.4) is 0 Å². The molecule has 1 fully saturated rings. The summed E-state index contributed by atoms with van der Waals surface area (Å²) >= 11 is 0. The van der Waals surface area contributed by atoms with Crippen molar-refractivity contribution in [1.29, 1.82) is 0 Å². The van der Waals surface area contributed by atoms with Gasteiger partial charge in [-0.05, 0) is 12.1 Å². The number of β-amino-alcohol motifs (C(OH)–C–C–N with tert-alkyl or cyclic N) is 1. The Hall–Kier alpha value is -2.19. The molecular formula is C14H19N5O3. The highest BCUT2D eigenvalue weighted by molar-refractivity contribution is 5.75. The fourth-order valence-corrected chi connectivity index (χ4v) is 2.58. The van der Waals surface area contributed by atoms with Crippen LogP contribution in [-0.2, 0) is 11.3 Å². The number of amides is 1. The number of carbonyl (C=O) groups excluding carboxylic acids is 1. The zero-order valence-corrected chi connectivity index (χ0v) is 12.1. The Morgan fingerprint density at radius 3 is 3.05 bits per heavy atom. The van der Waals surface area contributed by atoms with Gasteiger partial charge < -0.3 is 15.7 Å². The van der Waals surface area contributed by atoms with Crippen molar-refractivity contribution in [2.45, 2.75) is 19.1 Å². The highest BCUT2D eigenvalue weighted by atomic mass is 16.3. The Morgan fingerprint density at radius 2 is 2.32 bits per heavy atom. The van der Waals surface area contributed by atoms with Crippen LogP contribution in [-0.4, -0.2) is 50.9 Å². The third kappa shape index (κ3) is 3.02. The average molecular weight is 305 g/mol. The summed E-state index contributed by atoms with van der Waals surface area (Å²) < 4.78 is 2.74. The smallest absolute Gasteiger partial charge is 0.350 e. The maximum absolute atomic E-state index is 12.0. The molecule has 1 saturated heterocycles. The van der Waals surface area contributed by atoms with Crippen LogP contribution in [0.5, 0.6) is 0 Å². The van der Waals surface area contributed by atoms with E-state index in [1.807, 2.05) is 0 Å². The lowest BCUT2D eigenvalue weighted by molar-refractivity contribution is -0.121. The predicted molar refractivity (Wildman–Crippen MR) is 79.4 cm³/mol. The normalized spacial score (nSPS) is 21.3. The maximum Gasteiger partial charge on any atom is 0.350 e. The molecule has 1 aliphatic rings. The molecule has 8 nitrogen and oxygen atoms in total. The summed E-state index contributed by atoms with van der Waals surface area (Å²) in [6, 6.07) is 5.31. The summed E-state index contributed by atoms with van der Waals surface area (Å²) in [4.78, 5) is 23.9. The van der Waals surface area contributed by atoms with Crippen molar-refractivity contribution in [3.63, 3.8) is 0 Å². The number of hydrogen-bond donors (Lipinski definition) is 3. The topological polar surface area (TPSA) is 101 Å². The molecule has 0 aliphatic carbocycles. The van der Waals surface area contributed by atoms with Crippen LogP contribution in [0.1, 0.15) is 6.42 Å². The van der Waals surface area contributed by atoms with E-state index < -0.39 is 6.10 Å². The van der Waals surface area contributed by atoms with Crippen molar-refractivity contribution in [3.8, 4) is 0 Å². The van der Waals surface area contributed by atoms with E-state index in [-0.39, 0.29) is 30.5 Å². The van der Waals surface area contributed by atoms with Gasteiger partial charge in [0.15, 0.2) is 5.65 Å². The molecule has 0 spiro atoms. The first-order valence-electron chi connectivity index (χ1n) is 7.35. The quantitative estimate of drug-likeness (QED) is 0.630. The number of nitrogens with one attached hydrogen (secondary N) is 2. The van der Waals surface area contributed by atoms with Crippen molar-refractivity contribution in [2.75, 3.05) is 19.6 Å². The van der Waals surface area contributed by atoms with E-state index in [0.717, 1.165) is 0 Å². The minimum atomic E-state index is -0.415. The van der Waals surface area contributed by atoms with Crippen molar-refractivity contribution < 1.29 is 9.90 Å². The molecule has 3 rings (SSSR count). The fourth-order valence-electron chi connectivity index (χ4n) is 2.58. The second-order valence-corrected chi connectivity index (χ2v) is 5.47. The molecule has 0 bridgehead atoms. The van der Waals surface area contributed by atoms with E-state index in [4.69, 9.17) is 0 Å². The molecule has 0 radical (unpaired) electrons. The van der Waals surface area contributed by atoms with E-state index in [2.05, 4.69) is 15.7 Å². The number of aliphatic hydroxyl groups excluding tert-OH is 1. The first-order valence-corrected chi connectivity index (χ1v) is 7.35. The van der Waals surface area contributed by atoms with Gasteiger partial charge in [0.05, 0.1) is 12.6 Å². The van der Waals surface area contributed by atoms with E-state index in [9.17, 15) is 14.7 Å². The number of aliphatic hydroxyl groups is 1. The number of carbonyl (C=O) groups is 1. The Morgan fingerprint density at radius 1 is 1.45 bits per heavy atom. The fraction of sp³-hybridized carbons (Fsp3) is 0.500. The largest absolute Gasteiger partial charge is 0.391 e. The third-order valence-corrected chi connectivity index (χ3v) is 3.90. The van der Waals surface area contributed by atoms with Crippen molar-refractivity contribution in [3.05, 3.63) is 34.9 Å². The van der Waals surface area contributed by atoms with E-state index >= 15 is 0 Å². The van der Waals surface area contributed by atoms with Crippen LogP contribution in [0.25, 0.3) is 5.65 Å². The Bertz CT molecular complexity index is 723. The van der Waals surface area contributed by atoms with E-state index in [0.29, 0.717) is 25.3 Å². The molecule has 1 amide bonds. The highest BCUT2D eigenvalue weighted by Gasteiger charge is 2.24. The van der Waals surface area contributed by atoms with Gasteiger partial charge in [-0.2, -0.15) is 0 Å². The molecule has 2 unspecified atom stereocenters. The lowest BCUT2D eigenvalue weighted by Gasteiger charge is -2.13. The van der Waals surface area contributed by atoms with Gasteiger partial charge >= 0.3 is 5.69 Å². The second kappa shape index (κ2) is 6.29. The zero-order chi connectivity index (χ0) is 15.5. The van der Waals surface area contributed by atoms with Gasteiger partial charge in [-0.3, -0.25) is 9.20 Å². The van der Waals surface area contributed by atoms with Gasteiger partial charge in [0.2, 0.25) is 5.91 Å². The molecule has 0 aromatic carbocycles. The van der Waals surface area contributed by atoms with Crippen LogP contribution in [0.2, 0.25) is 0 Å². The molecule has 3 heterocycles.